The van der Waals surface area contributed by atoms with E-state index in [0.717, 1.165) is 19.4 Å². The van der Waals surface area contributed by atoms with Crippen LogP contribution in [0, 0.1) is 6.92 Å². The summed E-state index contributed by atoms with van der Waals surface area (Å²) in [5.74, 6) is 0.0441. The van der Waals surface area contributed by atoms with E-state index in [0.29, 0.717) is 41.8 Å². The number of thiophene rings is 1. The summed E-state index contributed by atoms with van der Waals surface area (Å²) in [4.78, 5) is 34.5. The van der Waals surface area contributed by atoms with Crippen LogP contribution < -0.4 is 0 Å². The number of carbonyl (C=O) groups is 2. The van der Waals surface area contributed by atoms with Gasteiger partial charge in [-0.15, -0.1) is 11.3 Å². The lowest BCUT2D eigenvalue weighted by atomic mass is 9.89. The van der Waals surface area contributed by atoms with Crippen molar-refractivity contribution in [2.45, 2.75) is 38.8 Å². The molecule has 2 aliphatic heterocycles. The van der Waals surface area contributed by atoms with Gasteiger partial charge in [0.2, 0.25) is 5.91 Å². The molecule has 3 heterocycles. The van der Waals surface area contributed by atoms with Crippen LogP contribution in [0.5, 0.6) is 0 Å². The second-order valence-electron chi connectivity index (χ2n) is 9.82. The highest BCUT2D eigenvalue weighted by molar-refractivity contribution is 7.10. The smallest absolute Gasteiger partial charge is 0.253 e. The molecule has 1 aromatic heterocycles. The van der Waals surface area contributed by atoms with E-state index in [4.69, 9.17) is 23.2 Å². The van der Waals surface area contributed by atoms with Gasteiger partial charge in [0.05, 0.1) is 22.1 Å². The summed E-state index contributed by atoms with van der Waals surface area (Å²) in [6.45, 7) is 7.28. The number of aryl methyl sites for hydroxylation is 1. The second kappa shape index (κ2) is 11.2. The molecular formula is C29H31Cl2N3O2S. The highest BCUT2D eigenvalue weighted by atomic mass is 35.5. The summed E-state index contributed by atoms with van der Waals surface area (Å²) in [7, 11) is 0. The van der Waals surface area contributed by atoms with E-state index >= 15 is 0 Å². The fourth-order valence-corrected chi connectivity index (χ4v) is 6.75. The van der Waals surface area contributed by atoms with E-state index in [1.165, 1.54) is 21.6 Å². The van der Waals surface area contributed by atoms with Crippen LogP contribution in [-0.2, 0) is 11.2 Å². The first-order chi connectivity index (χ1) is 17.8. The number of rotatable bonds is 4. The topological polar surface area (TPSA) is 43.9 Å². The van der Waals surface area contributed by atoms with Gasteiger partial charge in [0.25, 0.3) is 5.91 Å². The van der Waals surface area contributed by atoms with E-state index in [2.05, 4.69) is 47.5 Å². The van der Waals surface area contributed by atoms with Crippen LogP contribution in [0.2, 0.25) is 10.0 Å². The van der Waals surface area contributed by atoms with Crippen molar-refractivity contribution in [1.29, 1.82) is 0 Å². The number of carbonyl (C=O) groups excluding carboxylic acids is 2. The Hall–Kier alpha value is -2.38. The summed E-state index contributed by atoms with van der Waals surface area (Å²) < 4.78 is 0. The summed E-state index contributed by atoms with van der Waals surface area (Å²) >= 11 is 14.0. The molecule has 2 atom stereocenters. The van der Waals surface area contributed by atoms with E-state index < -0.39 is 0 Å². The minimum Gasteiger partial charge on any atom is -0.340 e. The van der Waals surface area contributed by atoms with Crippen molar-refractivity contribution < 1.29 is 9.59 Å². The summed E-state index contributed by atoms with van der Waals surface area (Å²) in [5.41, 5.74) is 4.33. The molecule has 2 aromatic carbocycles. The first-order valence-electron chi connectivity index (χ1n) is 12.8. The monoisotopic (exact) mass is 555 g/mol. The van der Waals surface area contributed by atoms with Gasteiger partial charge in [0.15, 0.2) is 0 Å². The van der Waals surface area contributed by atoms with Gasteiger partial charge >= 0.3 is 0 Å². The van der Waals surface area contributed by atoms with Gasteiger partial charge < -0.3 is 9.80 Å². The number of benzene rings is 2. The molecule has 0 N–H and O–H groups in total. The number of halogens is 2. The predicted molar refractivity (Wildman–Crippen MR) is 151 cm³/mol. The van der Waals surface area contributed by atoms with E-state index in [-0.39, 0.29) is 23.9 Å². The maximum absolute atomic E-state index is 13.8. The molecule has 2 aliphatic rings. The molecule has 0 saturated carbocycles. The average molecular weight is 557 g/mol. The fourth-order valence-electron chi connectivity index (χ4n) is 5.55. The molecular weight excluding hydrogens is 525 g/mol. The first-order valence-corrected chi connectivity index (χ1v) is 14.4. The molecule has 37 heavy (non-hydrogen) atoms. The molecule has 0 aliphatic carbocycles. The molecule has 3 aromatic rings. The van der Waals surface area contributed by atoms with Crippen LogP contribution in [0.1, 0.15) is 51.3 Å². The van der Waals surface area contributed by atoms with Crippen LogP contribution >= 0.6 is 34.5 Å². The number of amides is 2. The van der Waals surface area contributed by atoms with Crippen LogP contribution in [0.3, 0.4) is 0 Å². The Morgan fingerprint density at radius 2 is 1.68 bits per heavy atom. The lowest BCUT2D eigenvalue weighted by molar-refractivity contribution is -0.137. The Morgan fingerprint density at radius 1 is 0.919 bits per heavy atom. The zero-order valence-corrected chi connectivity index (χ0v) is 23.5. The molecule has 8 heteroatoms. The van der Waals surface area contributed by atoms with Gasteiger partial charge in [0.1, 0.15) is 0 Å². The molecule has 0 spiro atoms. The van der Waals surface area contributed by atoms with E-state index in [1.54, 1.807) is 18.2 Å². The average Bonchev–Trinajstić information content (AvgIpc) is 3.25. The number of nitrogens with zero attached hydrogens (tertiary/aromatic N) is 3. The summed E-state index contributed by atoms with van der Waals surface area (Å²) in [6.07, 6.45) is 1.69. The van der Waals surface area contributed by atoms with Crippen molar-refractivity contribution in [1.82, 2.24) is 14.7 Å². The van der Waals surface area contributed by atoms with Gasteiger partial charge in [-0.25, -0.2) is 0 Å². The molecule has 5 nitrogen and oxygen atoms in total. The van der Waals surface area contributed by atoms with Crippen molar-refractivity contribution in [3.63, 3.8) is 0 Å². The largest absolute Gasteiger partial charge is 0.340 e. The molecule has 1 saturated heterocycles. The fraction of sp³-hybridized carbons (Fsp3) is 0.379. The van der Waals surface area contributed by atoms with Gasteiger partial charge in [-0.05, 0) is 73.0 Å². The van der Waals surface area contributed by atoms with Crippen LogP contribution in [0.4, 0.5) is 0 Å². The Morgan fingerprint density at radius 3 is 2.46 bits per heavy atom. The van der Waals surface area contributed by atoms with Crippen molar-refractivity contribution in [2.75, 3.05) is 32.7 Å². The number of fused-ring (bicyclic) bond motifs is 1. The standard InChI is InChI=1S/C29H31Cl2N3O2S/c1-19-6-3-4-7-22(19)27-23-11-17-37-26(23)10-14-34(27)20(2)28(35)32-12-5-13-33(16-15-32)29(36)21-8-9-24(30)25(31)18-21/h3-4,6-9,11,17-18,20,27H,5,10,12-16H2,1-2H3. The molecule has 194 valence electrons. The maximum Gasteiger partial charge on any atom is 0.253 e. The Balaban J connectivity index is 1.32. The molecule has 0 radical (unpaired) electrons. The van der Waals surface area contributed by atoms with Crippen LogP contribution in [-0.4, -0.2) is 65.3 Å². The molecule has 2 amide bonds. The van der Waals surface area contributed by atoms with Crippen molar-refractivity contribution in [2.24, 2.45) is 0 Å². The van der Waals surface area contributed by atoms with Crippen molar-refractivity contribution in [3.8, 4) is 0 Å². The van der Waals surface area contributed by atoms with E-state index in [9.17, 15) is 9.59 Å². The molecule has 5 rings (SSSR count). The summed E-state index contributed by atoms with van der Waals surface area (Å²) in [6, 6.07) is 15.5. The van der Waals surface area contributed by atoms with E-state index in [1.807, 2.05) is 28.1 Å². The second-order valence-corrected chi connectivity index (χ2v) is 11.6. The van der Waals surface area contributed by atoms with Crippen molar-refractivity contribution >= 4 is 46.4 Å². The lowest BCUT2D eigenvalue weighted by Gasteiger charge is -2.41. The zero-order chi connectivity index (χ0) is 26.1. The highest BCUT2D eigenvalue weighted by Gasteiger charge is 2.37. The Bertz CT molecular complexity index is 1310. The normalized spacial score (nSPS) is 19.3. The SMILES string of the molecule is Cc1ccccc1C1c2ccsc2CCN1C(C)C(=O)N1CCCN(C(=O)c2ccc(Cl)c(Cl)c2)CC1. The Kier molecular flexibility index (Phi) is 7.91. The van der Waals surface area contributed by atoms with Crippen molar-refractivity contribution in [3.05, 3.63) is 91.1 Å². The predicted octanol–water partition coefficient (Wildman–Crippen LogP) is 6.07. The van der Waals surface area contributed by atoms with Crippen LogP contribution in [0.25, 0.3) is 0 Å². The summed E-state index contributed by atoms with van der Waals surface area (Å²) in [5, 5.41) is 2.96. The molecule has 2 unspecified atom stereocenters. The minimum atomic E-state index is -0.269. The molecule has 0 bridgehead atoms. The number of hydrogen-bond acceptors (Lipinski definition) is 4. The first kappa shape index (κ1) is 26.2. The zero-order valence-electron chi connectivity index (χ0n) is 21.1. The lowest BCUT2D eigenvalue weighted by Crippen LogP contribution is -2.51. The van der Waals surface area contributed by atoms with Gasteiger partial charge in [-0.1, -0.05) is 47.5 Å². The van der Waals surface area contributed by atoms with Gasteiger partial charge in [0, 0.05) is 43.2 Å². The highest BCUT2D eigenvalue weighted by Crippen LogP contribution is 2.40. The Labute approximate surface area is 232 Å². The molecule has 1 fully saturated rings. The minimum absolute atomic E-state index is 0.0647. The third-order valence-electron chi connectivity index (χ3n) is 7.60. The quantitative estimate of drug-likeness (QED) is 0.392. The van der Waals surface area contributed by atoms with Gasteiger partial charge in [-0.3, -0.25) is 14.5 Å². The van der Waals surface area contributed by atoms with Crippen LogP contribution in [0.15, 0.2) is 53.9 Å². The third kappa shape index (κ3) is 5.30. The third-order valence-corrected chi connectivity index (χ3v) is 9.34. The van der Waals surface area contributed by atoms with Gasteiger partial charge in [-0.2, -0.15) is 0 Å². The maximum atomic E-state index is 13.8. The number of hydrogen-bond donors (Lipinski definition) is 0.